The Balaban J connectivity index is 2.67. The normalized spacial score (nSPS) is 10.4. The van der Waals surface area contributed by atoms with Crippen LogP contribution in [0.25, 0.3) is 0 Å². The quantitative estimate of drug-likeness (QED) is 0.392. The van der Waals surface area contributed by atoms with Crippen LogP contribution >= 0.6 is 0 Å². The van der Waals surface area contributed by atoms with Crippen LogP contribution in [0.2, 0.25) is 0 Å². The minimum Gasteiger partial charge on any atom is -0.492 e. The van der Waals surface area contributed by atoms with Crippen molar-refractivity contribution in [3.05, 3.63) is 23.5 Å². The van der Waals surface area contributed by atoms with Gasteiger partial charge in [0.15, 0.2) is 6.29 Å². The zero-order valence-electron chi connectivity index (χ0n) is 11.3. The van der Waals surface area contributed by atoms with E-state index in [0.29, 0.717) is 13.2 Å². The van der Waals surface area contributed by atoms with Gasteiger partial charge in [-0.15, -0.1) is 0 Å². The lowest BCUT2D eigenvalue weighted by molar-refractivity contribution is 0.0982. The fourth-order valence-corrected chi connectivity index (χ4v) is 1.66. The van der Waals surface area contributed by atoms with Gasteiger partial charge in [-0.25, -0.2) is 4.39 Å². The Hall–Kier alpha value is -1.44. The molecule has 0 atom stereocenters. The molecule has 0 saturated carbocycles. The zero-order chi connectivity index (χ0) is 15.0. The van der Waals surface area contributed by atoms with Gasteiger partial charge in [-0.2, -0.15) is 0 Å². The standard InChI is InChI=1S/C13H18BFO5/c1-2-3-6-19-7-8-20-12-5-4-11(15)10(9-16)13(12)14(17)18/h4-5,9,17-18H,2-3,6-8H2,1H3. The number of hydrogen-bond acceptors (Lipinski definition) is 5. The molecule has 2 N–H and O–H groups in total. The molecule has 0 fully saturated rings. The third kappa shape index (κ3) is 4.59. The van der Waals surface area contributed by atoms with E-state index in [1.807, 2.05) is 6.92 Å². The molecule has 1 rings (SSSR count). The highest BCUT2D eigenvalue weighted by atomic mass is 19.1. The Morgan fingerprint density at radius 3 is 2.65 bits per heavy atom. The first-order chi connectivity index (χ1) is 9.61. The van der Waals surface area contributed by atoms with E-state index in [9.17, 15) is 19.2 Å². The maximum absolute atomic E-state index is 13.4. The monoisotopic (exact) mass is 284 g/mol. The van der Waals surface area contributed by atoms with Crippen molar-refractivity contribution in [1.29, 1.82) is 0 Å². The molecule has 0 aliphatic carbocycles. The van der Waals surface area contributed by atoms with Crippen molar-refractivity contribution in [3.8, 4) is 5.75 Å². The van der Waals surface area contributed by atoms with Gasteiger partial charge in [0.05, 0.1) is 12.2 Å². The number of carbonyl (C=O) groups is 1. The van der Waals surface area contributed by atoms with E-state index in [-0.39, 0.29) is 24.1 Å². The lowest BCUT2D eigenvalue weighted by Crippen LogP contribution is -2.35. The predicted octanol–water partition coefficient (Wildman–Crippen LogP) is 0.514. The second kappa shape index (κ2) is 8.68. The van der Waals surface area contributed by atoms with E-state index in [1.54, 1.807) is 0 Å². The average Bonchev–Trinajstić information content (AvgIpc) is 2.43. The maximum Gasteiger partial charge on any atom is 0.493 e. The molecular weight excluding hydrogens is 266 g/mol. The second-order valence-corrected chi connectivity index (χ2v) is 4.18. The first-order valence-corrected chi connectivity index (χ1v) is 6.46. The Bertz CT molecular complexity index is 439. The van der Waals surface area contributed by atoms with Crippen molar-refractivity contribution < 1.29 is 28.7 Å². The summed E-state index contributed by atoms with van der Waals surface area (Å²) in [4.78, 5) is 10.8. The molecule has 0 radical (unpaired) electrons. The SMILES string of the molecule is CCCCOCCOc1ccc(F)c(C=O)c1B(O)O. The molecule has 0 saturated heterocycles. The van der Waals surface area contributed by atoms with E-state index in [1.165, 1.54) is 6.07 Å². The van der Waals surface area contributed by atoms with E-state index < -0.39 is 18.5 Å². The molecule has 7 heteroatoms. The highest BCUT2D eigenvalue weighted by Crippen LogP contribution is 2.14. The summed E-state index contributed by atoms with van der Waals surface area (Å²) in [6, 6.07) is 2.30. The van der Waals surface area contributed by atoms with Crippen molar-refractivity contribution in [1.82, 2.24) is 0 Å². The molecule has 0 aromatic heterocycles. The molecule has 0 spiro atoms. The van der Waals surface area contributed by atoms with Crippen LogP contribution in [0.4, 0.5) is 4.39 Å². The third-order valence-electron chi connectivity index (χ3n) is 2.70. The van der Waals surface area contributed by atoms with Crippen LogP contribution < -0.4 is 10.2 Å². The molecule has 0 aliphatic heterocycles. The first kappa shape index (κ1) is 16.6. The van der Waals surface area contributed by atoms with Crippen molar-refractivity contribution in [2.75, 3.05) is 19.8 Å². The number of rotatable bonds is 9. The number of benzene rings is 1. The Morgan fingerprint density at radius 1 is 1.30 bits per heavy atom. The van der Waals surface area contributed by atoms with Crippen molar-refractivity contribution in [2.45, 2.75) is 19.8 Å². The van der Waals surface area contributed by atoms with E-state index in [4.69, 9.17) is 9.47 Å². The zero-order valence-corrected chi connectivity index (χ0v) is 11.3. The van der Waals surface area contributed by atoms with Crippen LogP contribution in [0.1, 0.15) is 30.1 Å². The van der Waals surface area contributed by atoms with Crippen LogP contribution in [0.3, 0.4) is 0 Å². The van der Waals surface area contributed by atoms with Crippen molar-refractivity contribution in [2.24, 2.45) is 0 Å². The molecule has 20 heavy (non-hydrogen) atoms. The molecule has 5 nitrogen and oxygen atoms in total. The average molecular weight is 284 g/mol. The Morgan fingerprint density at radius 2 is 2.05 bits per heavy atom. The molecule has 0 unspecified atom stereocenters. The highest BCUT2D eigenvalue weighted by molar-refractivity contribution is 6.61. The molecular formula is C13H18BFO5. The van der Waals surface area contributed by atoms with E-state index in [2.05, 4.69) is 0 Å². The van der Waals surface area contributed by atoms with E-state index >= 15 is 0 Å². The fraction of sp³-hybridized carbons (Fsp3) is 0.462. The molecule has 0 bridgehead atoms. The number of halogens is 1. The molecule has 0 aliphatic rings. The maximum atomic E-state index is 13.4. The molecule has 1 aromatic carbocycles. The van der Waals surface area contributed by atoms with Crippen molar-refractivity contribution >= 4 is 18.9 Å². The lowest BCUT2D eigenvalue weighted by Gasteiger charge is -2.13. The predicted molar refractivity (Wildman–Crippen MR) is 72.8 cm³/mol. The summed E-state index contributed by atoms with van der Waals surface area (Å²) in [6.07, 6.45) is 2.21. The van der Waals surface area contributed by atoms with Gasteiger partial charge in [0.1, 0.15) is 18.2 Å². The van der Waals surface area contributed by atoms with Gasteiger partial charge in [-0.05, 0) is 18.6 Å². The summed E-state index contributed by atoms with van der Waals surface area (Å²) in [7, 11) is -1.98. The molecule has 110 valence electrons. The Kier molecular flexibility index (Phi) is 7.21. The van der Waals surface area contributed by atoms with Crippen LogP contribution in [-0.2, 0) is 4.74 Å². The highest BCUT2D eigenvalue weighted by Gasteiger charge is 2.24. The molecule has 1 aromatic rings. The van der Waals surface area contributed by atoms with Crippen molar-refractivity contribution in [3.63, 3.8) is 0 Å². The summed E-state index contributed by atoms with van der Waals surface area (Å²) < 4.78 is 24.0. The topological polar surface area (TPSA) is 76.0 Å². The fourth-order valence-electron chi connectivity index (χ4n) is 1.66. The lowest BCUT2D eigenvalue weighted by atomic mass is 9.76. The smallest absolute Gasteiger partial charge is 0.492 e. The van der Waals surface area contributed by atoms with Gasteiger partial charge >= 0.3 is 7.12 Å². The summed E-state index contributed by atoms with van der Waals surface area (Å²) in [5.41, 5.74) is -0.682. The summed E-state index contributed by atoms with van der Waals surface area (Å²) in [5.74, 6) is -0.766. The second-order valence-electron chi connectivity index (χ2n) is 4.18. The number of aldehydes is 1. The summed E-state index contributed by atoms with van der Waals surface area (Å²) >= 11 is 0. The van der Waals surface area contributed by atoms with Crippen LogP contribution in [-0.4, -0.2) is 43.3 Å². The first-order valence-electron chi connectivity index (χ1n) is 6.46. The number of hydrogen-bond donors (Lipinski definition) is 2. The van der Waals surface area contributed by atoms with Gasteiger partial charge in [0.2, 0.25) is 0 Å². The van der Waals surface area contributed by atoms with Gasteiger partial charge in [0.25, 0.3) is 0 Å². The van der Waals surface area contributed by atoms with Crippen LogP contribution in [0, 0.1) is 5.82 Å². The number of ether oxygens (including phenoxy) is 2. The van der Waals surface area contributed by atoms with E-state index in [0.717, 1.165) is 18.9 Å². The number of unbranched alkanes of at least 4 members (excludes halogenated alkanes) is 1. The van der Waals surface area contributed by atoms with Gasteiger partial charge < -0.3 is 19.5 Å². The van der Waals surface area contributed by atoms with Gasteiger partial charge in [-0.1, -0.05) is 13.3 Å². The van der Waals surface area contributed by atoms with Gasteiger partial charge in [-0.3, -0.25) is 4.79 Å². The molecule has 0 heterocycles. The minimum absolute atomic E-state index is 0.0580. The third-order valence-corrected chi connectivity index (χ3v) is 2.70. The van der Waals surface area contributed by atoms with Gasteiger partial charge in [0, 0.05) is 12.1 Å². The van der Waals surface area contributed by atoms with Crippen LogP contribution in [0.15, 0.2) is 12.1 Å². The minimum atomic E-state index is -1.98. The summed E-state index contributed by atoms with van der Waals surface area (Å²) in [5, 5.41) is 18.5. The van der Waals surface area contributed by atoms with Crippen LogP contribution in [0.5, 0.6) is 5.75 Å². The Labute approximate surface area is 117 Å². The number of carbonyl (C=O) groups excluding carboxylic acids is 1. The molecule has 0 amide bonds. The largest absolute Gasteiger partial charge is 0.493 e. The summed E-state index contributed by atoms with van der Waals surface area (Å²) in [6.45, 7) is 3.18.